The van der Waals surface area contributed by atoms with Gasteiger partial charge in [-0.15, -0.1) is 0 Å². The van der Waals surface area contributed by atoms with Crippen molar-refractivity contribution >= 4 is 10.2 Å². The van der Waals surface area contributed by atoms with Crippen molar-refractivity contribution in [3.63, 3.8) is 0 Å². The fraction of sp³-hybridized carbons (Fsp3) is 0.400. The molecule has 0 aliphatic carbocycles. The summed E-state index contributed by atoms with van der Waals surface area (Å²) in [4.78, 5) is 4.00. The van der Waals surface area contributed by atoms with Crippen LogP contribution in [0.25, 0.3) is 0 Å². The van der Waals surface area contributed by atoms with E-state index in [0.29, 0.717) is 6.42 Å². The first-order valence-corrected chi connectivity index (χ1v) is 8.51. The van der Waals surface area contributed by atoms with E-state index in [1.165, 1.54) is 32.1 Å². The lowest BCUT2D eigenvalue weighted by Gasteiger charge is -2.17. The molecule has 0 saturated carbocycles. The van der Waals surface area contributed by atoms with E-state index in [9.17, 15) is 13.5 Å². The monoisotopic (exact) mass is 323 g/mol. The molecule has 0 aliphatic rings. The van der Waals surface area contributed by atoms with Gasteiger partial charge in [-0.1, -0.05) is 30.3 Å². The SMILES string of the molecule is CN(C)S(=O)(=O)n1ccnc1C(O)CCCc1ccccc1. The van der Waals surface area contributed by atoms with Crippen molar-refractivity contribution in [2.24, 2.45) is 0 Å². The lowest BCUT2D eigenvalue weighted by Crippen LogP contribution is -2.30. The molecule has 2 rings (SSSR count). The minimum atomic E-state index is -3.66. The van der Waals surface area contributed by atoms with E-state index in [4.69, 9.17) is 0 Å². The normalized spacial score (nSPS) is 13.5. The van der Waals surface area contributed by atoms with Gasteiger partial charge in [0.25, 0.3) is 0 Å². The zero-order valence-electron chi connectivity index (χ0n) is 12.8. The van der Waals surface area contributed by atoms with Gasteiger partial charge >= 0.3 is 10.2 Å². The largest absolute Gasteiger partial charge is 0.385 e. The van der Waals surface area contributed by atoms with Crippen LogP contribution < -0.4 is 0 Å². The molecule has 120 valence electrons. The molecule has 0 saturated heterocycles. The molecule has 0 aliphatic heterocycles. The van der Waals surface area contributed by atoms with Gasteiger partial charge in [0.15, 0.2) is 5.82 Å². The maximum Gasteiger partial charge on any atom is 0.308 e. The van der Waals surface area contributed by atoms with E-state index in [1.807, 2.05) is 30.3 Å². The Bertz CT molecular complexity index is 696. The van der Waals surface area contributed by atoms with Crippen LogP contribution in [0.15, 0.2) is 42.7 Å². The van der Waals surface area contributed by atoms with E-state index in [-0.39, 0.29) is 5.82 Å². The highest BCUT2D eigenvalue weighted by Crippen LogP contribution is 2.20. The topological polar surface area (TPSA) is 75.4 Å². The smallest absolute Gasteiger partial charge is 0.308 e. The summed E-state index contributed by atoms with van der Waals surface area (Å²) in [5, 5.41) is 10.2. The van der Waals surface area contributed by atoms with Crippen molar-refractivity contribution in [1.29, 1.82) is 0 Å². The van der Waals surface area contributed by atoms with Gasteiger partial charge in [0.05, 0.1) is 0 Å². The predicted octanol–water partition coefficient (Wildman–Crippen LogP) is 1.59. The molecular weight excluding hydrogens is 302 g/mol. The third-order valence-electron chi connectivity index (χ3n) is 3.43. The number of aryl methyl sites for hydroxylation is 1. The van der Waals surface area contributed by atoms with Crippen molar-refractivity contribution in [1.82, 2.24) is 13.3 Å². The number of aromatic nitrogens is 2. The molecular formula is C15H21N3O3S. The summed E-state index contributed by atoms with van der Waals surface area (Å²) in [5.41, 5.74) is 1.19. The highest BCUT2D eigenvalue weighted by atomic mass is 32.2. The lowest BCUT2D eigenvalue weighted by molar-refractivity contribution is 0.154. The molecule has 1 aromatic carbocycles. The van der Waals surface area contributed by atoms with Crippen LogP contribution in [0.5, 0.6) is 0 Å². The Morgan fingerprint density at radius 3 is 2.59 bits per heavy atom. The molecule has 2 aromatic rings. The van der Waals surface area contributed by atoms with E-state index >= 15 is 0 Å². The molecule has 1 heterocycles. The number of aliphatic hydroxyl groups is 1. The molecule has 22 heavy (non-hydrogen) atoms. The van der Waals surface area contributed by atoms with Gasteiger partial charge in [-0.05, 0) is 24.8 Å². The Morgan fingerprint density at radius 2 is 1.95 bits per heavy atom. The number of rotatable bonds is 7. The summed E-state index contributed by atoms with van der Waals surface area (Å²) in [6.45, 7) is 0. The average Bonchev–Trinajstić information content (AvgIpc) is 2.98. The molecule has 1 unspecified atom stereocenters. The third-order valence-corrected chi connectivity index (χ3v) is 5.16. The van der Waals surface area contributed by atoms with Crippen LogP contribution in [-0.4, -0.2) is 40.9 Å². The van der Waals surface area contributed by atoms with Crippen LogP contribution in [0, 0.1) is 0 Å². The Kier molecular flexibility index (Phi) is 5.33. The number of hydrogen-bond acceptors (Lipinski definition) is 4. The number of imidazole rings is 1. The molecule has 1 aromatic heterocycles. The second kappa shape index (κ2) is 7.04. The highest BCUT2D eigenvalue weighted by molar-refractivity contribution is 7.87. The minimum Gasteiger partial charge on any atom is -0.385 e. The second-order valence-corrected chi connectivity index (χ2v) is 7.28. The maximum absolute atomic E-state index is 12.2. The van der Waals surface area contributed by atoms with Crippen molar-refractivity contribution in [2.45, 2.75) is 25.4 Å². The van der Waals surface area contributed by atoms with Crippen molar-refractivity contribution in [3.8, 4) is 0 Å². The van der Waals surface area contributed by atoms with Crippen LogP contribution in [-0.2, 0) is 16.6 Å². The van der Waals surface area contributed by atoms with Crippen molar-refractivity contribution < 1.29 is 13.5 Å². The van der Waals surface area contributed by atoms with Gasteiger partial charge in [-0.2, -0.15) is 12.7 Å². The fourth-order valence-corrected chi connectivity index (χ4v) is 3.15. The molecule has 6 nitrogen and oxygen atoms in total. The zero-order valence-corrected chi connectivity index (χ0v) is 13.6. The summed E-state index contributed by atoms with van der Waals surface area (Å²) in [5.74, 6) is 0.154. The van der Waals surface area contributed by atoms with Crippen molar-refractivity contribution in [3.05, 3.63) is 54.1 Å². The molecule has 0 amide bonds. The van der Waals surface area contributed by atoms with E-state index in [2.05, 4.69) is 4.98 Å². The Labute approximate surface area is 131 Å². The van der Waals surface area contributed by atoms with E-state index in [1.54, 1.807) is 0 Å². The van der Waals surface area contributed by atoms with Gasteiger partial charge in [0, 0.05) is 26.5 Å². The number of nitrogens with zero attached hydrogens (tertiary/aromatic N) is 3. The average molecular weight is 323 g/mol. The van der Waals surface area contributed by atoms with Crippen molar-refractivity contribution in [2.75, 3.05) is 14.1 Å². The maximum atomic E-state index is 12.2. The van der Waals surface area contributed by atoms with E-state index < -0.39 is 16.3 Å². The predicted molar refractivity (Wildman–Crippen MR) is 84.6 cm³/mol. The Hall–Kier alpha value is -1.70. The molecule has 0 bridgehead atoms. The number of benzene rings is 1. The molecule has 7 heteroatoms. The van der Waals surface area contributed by atoms with Crippen LogP contribution in [0.1, 0.15) is 30.3 Å². The molecule has 0 spiro atoms. The van der Waals surface area contributed by atoms with Gasteiger partial charge in [-0.25, -0.2) is 8.96 Å². The van der Waals surface area contributed by atoms with Gasteiger partial charge in [-0.3, -0.25) is 0 Å². The van der Waals surface area contributed by atoms with Gasteiger partial charge < -0.3 is 5.11 Å². The van der Waals surface area contributed by atoms with E-state index in [0.717, 1.165) is 21.1 Å². The summed E-state index contributed by atoms with van der Waals surface area (Å²) in [6, 6.07) is 9.97. The highest BCUT2D eigenvalue weighted by Gasteiger charge is 2.23. The molecule has 0 radical (unpaired) electrons. The Morgan fingerprint density at radius 1 is 1.27 bits per heavy atom. The molecule has 1 atom stereocenters. The quantitative estimate of drug-likeness (QED) is 0.839. The number of hydrogen-bond donors (Lipinski definition) is 1. The molecule has 1 N–H and O–H groups in total. The van der Waals surface area contributed by atoms with Gasteiger partial charge in [0.1, 0.15) is 6.10 Å². The number of aliphatic hydroxyl groups excluding tert-OH is 1. The fourth-order valence-electron chi connectivity index (χ4n) is 2.18. The summed E-state index contributed by atoms with van der Waals surface area (Å²) >= 11 is 0. The summed E-state index contributed by atoms with van der Waals surface area (Å²) in [7, 11) is -0.768. The summed E-state index contributed by atoms with van der Waals surface area (Å²) in [6.07, 6.45) is 3.86. The first-order chi connectivity index (χ1) is 10.4. The zero-order chi connectivity index (χ0) is 16.2. The van der Waals surface area contributed by atoms with Crippen LogP contribution in [0.4, 0.5) is 0 Å². The van der Waals surface area contributed by atoms with Crippen LogP contribution in [0.3, 0.4) is 0 Å². The summed E-state index contributed by atoms with van der Waals surface area (Å²) < 4.78 is 26.4. The lowest BCUT2D eigenvalue weighted by atomic mass is 10.1. The standard InChI is InChI=1S/C15H21N3O3S/c1-17(2)22(20,21)18-12-11-16-15(18)14(19)10-6-9-13-7-4-3-5-8-13/h3-5,7-8,11-12,14,19H,6,9-10H2,1-2H3. The minimum absolute atomic E-state index is 0.154. The molecule has 0 fully saturated rings. The first-order valence-electron chi connectivity index (χ1n) is 7.11. The third kappa shape index (κ3) is 3.73. The Balaban J connectivity index is 2.02. The first kappa shape index (κ1) is 16.7. The second-order valence-electron chi connectivity index (χ2n) is 5.27. The van der Waals surface area contributed by atoms with Gasteiger partial charge in [0.2, 0.25) is 0 Å². The van der Waals surface area contributed by atoms with Crippen LogP contribution in [0.2, 0.25) is 0 Å². The van der Waals surface area contributed by atoms with Crippen LogP contribution >= 0.6 is 0 Å².